The summed E-state index contributed by atoms with van der Waals surface area (Å²) in [5.41, 5.74) is 0.198. The number of Topliss-reactive ketones (excluding diaryl/α,β-unsaturated/α-hetero) is 1. The van der Waals surface area contributed by atoms with Gasteiger partial charge in [-0.2, -0.15) is 0 Å². The van der Waals surface area contributed by atoms with E-state index in [0.29, 0.717) is 5.69 Å². The molecule has 138 valence electrons. The third kappa shape index (κ3) is 4.56. The van der Waals surface area contributed by atoms with Crippen LogP contribution in [0.5, 0.6) is 0 Å². The maximum atomic E-state index is 12.7. The highest BCUT2D eigenvalue weighted by Gasteiger charge is 2.52. The Morgan fingerprint density at radius 1 is 1.40 bits per heavy atom. The normalized spacial score (nSPS) is 21.1. The van der Waals surface area contributed by atoms with E-state index in [1.54, 1.807) is 38.6 Å². The molecule has 1 fully saturated rings. The third-order valence-corrected chi connectivity index (χ3v) is 4.52. The molecule has 25 heavy (non-hydrogen) atoms. The van der Waals surface area contributed by atoms with E-state index in [1.807, 2.05) is 0 Å². The average molecular weight is 368 g/mol. The number of carbonyl (C=O) groups is 3. The summed E-state index contributed by atoms with van der Waals surface area (Å²) in [5, 5.41) is 1.79. The highest BCUT2D eigenvalue weighted by molar-refractivity contribution is 7.07. The third-order valence-electron chi connectivity index (χ3n) is 3.89. The van der Waals surface area contributed by atoms with Crippen molar-refractivity contribution in [2.75, 3.05) is 19.7 Å². The molecular formula is C17H24N2O5S. The number of aromatic nitrogens is 1. The van der Waals surface area contributed by atoms with Crippen molar-refractivity contribution >= 4 is 29.2 Å². The molecule has 7 nitrogen and oxygen atoms in total. The van der Waals surface area contributed by atoms with Crippen LogP contribution in [0, 0.1) is 5.41 Å². The number of hydrogen-bond donors (Lipinski definition) is 0. The zero-order valence-corrected chi connectivity index (χ0v) is 15.9. The fraction of sp³-hybridized carbons (Fsp3) is 0.647. The van der Waals surface area contributed by atoms with Gasteiger partial charge in [-0.25, -0.2) is 9.78 Å². The second kappa shape index (κ2) is 7.51. The van der Waals surface area contributed by atoms with Gasteiger partial charge in [0.2, 0.25) is 0 Å². The van der Waals surface area contributed by atoms with Crippen LogP contribution in [-0.4, -0.2) is 53.0 Å². The second-order valence-electron chi connectivity index (χ2n) is 7.03. The molecule has 1 atom stereocenters. The number of rotatable bonds is 4. The minimum absolute atomic E-state index is 0.0584. The van der Waals surface area contributed by atoms with Gasteiger partial charge in [-0.3, -0.25) is 9.59 Å². The Kier molecular flexibility index (Phi) is 5.82. The lowest BCUT2D eigenvalue weighted by Crippen LogP contribution is -2.57. The Bertz CT molecular complexity index is 638. The van der Waals surface area contributed by atoms with Crippen LogP contribution in [0.3, 0.4) is 0 Å². The standard InChI is InChI=1S/C17H24N2O5S/c1-5-23-14(21)17(8-12-9-25-11-18-12)10-19(7-6-13(17)20)15(22)24-16(2,3)4/h9,11H,5-8,10H2,1-4H3/t17-/m1/s1. The molecule has 0 spiro atoms. The molecule has 1 aromatic heterocycles. The lowest BCUT2D eigenvalue weighted by molar-refractivity contribution is -0.163. The van der Waals surface area contributed by atoms with Crippen LogP contribution in [0.2, 0.25) is 0 Å². The molecule has 0 N–H and O–H groups in total. The molecule has 8 heteroatoms. The number of amides is 1. The number of ketones is 1. The first-order chi connectivity index (χ1) is 11.7. The number of likely N-dealkylation sites (tertiary alicyclic amines) is 1. The van der Waals surface area contributed by atoms with E-state index in [9.17, 15) is 14.4 Å². The summed E-state index contributed by atoms with van der Waals surface area (Å²) in [6.45, 7) is 7.34. The maximum Gasteiger partial charge on any atom is 0.410 e. The Labute approximate surface area is 151 Å². The van der Waals surface area contributed by atoms with Gasteiger partial charge in [0.05, 0.1) is 17.8 Å². The minimum Gasteiger partial charge on any atom is -0.465 e. The zero-order valence-electron chi connectivity index (χ0n) is 15.0. The van der Waals surface area contributed by atoms with E-state index in [-0.39, 0.29) is 38.3 Å². The predicted molar refractivity (Wildman–Crippen MR) is 92.3 cm³/mol. The molecule has 0 radical (unpaired) electrons. The zero-order chi connectivity index (χ0) is 18.7. The fourth-order valence-corrected chi connectivity index (χ4v) is 3.32. The monoisotopic (exact) mass is 368 g/mol. The lowest BCUT2D eigenvalue weighted by atomic mass is 9.75. The summed E-state index contributed by atoms with van der Waals surface area (Å²) in [7, 11) is 0. The fourth-order valence-electron chi connectivity index (χ4n) is 2.76. The largest absolute Gasteiger partial charge is 0.465 e. The van der Waals surface area contributed by atoms with Crippen LogP contribution < -0.4 is 0 Å². The van der Waals surface area contributed by atoms with E-state index >= 15 is 0 Å². The summed E-state index contributed by atoms with van der Waals surface area (Å²) in [4.78, 5) is 43.4. The molecule has 1 amide bonds. The maximum absolute atomic E-state index is 12.7. The van der Waals surface area contributed by atoms with Gasteiger partial charge < -0.3 is 14.4 Å². The molecule has 0 aliphatic carbocycles. The summed E-state index contributed by atoms with van der Waals surface area (Å²) < 4.78 is 10.6. The van der Waals surface area contributed by atoms with E-state index in [4.69, 9.17) is 9.47 Å². The molecule has 2 rings (SSSR count). The number of ether oxygens (including phenoxy) is 2. The Morgan fingerprint density at radius 3 is 2.68 bits per heavy atom. The van der Waals surface area contributed by atoms with Crippen molar-refractivity contribution in [1.29, 1.82) is 0 Å². The van der Waals surface area contributed by atoms with Gasteiger partial charge >= 0.3 is 12.1 Å². The van der Waals surface area contributed by atoms with Crippen LogP contribution in [-0.2, 0) is 25.5 Å². The number of nitrogens with zero attached hydrogens (tertiary/aromatic N) is 2. The quantitative estimate of drug-likeness (QED) is 0.599. The average Bonchev–Trinajstić information content (AvgIpc) is 3.00. The molecular weight excluding hydrogens is 344 g/mol. The van der Waals surface area contributed by atoms with E-state index in [0.717, 1.165) is 0 Å². The van der Waals surface area contributed by atoms with Crippen molar-refractivity contribution in [3.05, 3.63) is 16.6 Å². The molecule has 2 heterocycles. The number of carbonyl (C=O) groups excluding carboxylic acids is 3. The summed E-state index contributed by atoms with van der Waals surface area (Å²) >= 11 is 1.39. The Hall–Kier alpha value is -1.96. The predicted octanol–water partition coefficient (Wildman–Crippen LogP) is 2.45. The van der Waals surface area contributed by atoms with Crippen LogP contribution in [0.15, 0.2) is 10.9 Å². The lowest BCUT2D eigenvalue weighted by Gasteiger charge is -2.39. The van der Waals surface area contributed by atoms with E-state index in [1.165, 1.54) is 16.2 Å². The molecule has 0 aromatic carbocycles. The van der Waals surface area contributed by atoms with E-state index in [2.05, 4.69) is 4.98 Å². The number of thiazole rings is 1. The molecule has 1 aromatic rings. The Morgan fingerprint density at radius 2 is 2.12 bits per heavy atom. The van der Waals surface area contributed by atoms with Gasteiger partial charge in [-0.1, -0.05) is 0 Å². The molecule has 0 unspecified atom stereocenters. The SMILES string of the molecule is CCOC(=O)[C@]1(Cc2cscn2)CN(C(=O)OC(C)(C)C)CCC1=O. The number of hydrogen-bond acceptors (Lipinski definition) is 7. The van der Waals surface area contributed by atoms with Crippen LogP contribution in [0.1, 0.15) is 39.8 Å². The van der Waals surface area contributed by atoms with Crippen LogP contribution in [0.4, 0.5) is 4.79 Å². The van der Waals surface area contributed by atoms with E-state index < -0.39 is 23.1 Å². The first kappa shape index (κ1) is 19.4. The highest BCUT2D eigenvalue weighted by atomic mass is 32.1. The van der Waals surface area contributed by atoms with Crippen molar-refractivity contribution in [1.82, 2.24) is 9.88 Å². The second-order valence-corrected chi connectivity index (χ2v) is 7.75. The van der Waals surface area contributed by atoms with Crippen molar-refractivity contribution < 1.29 is 23.9 Å². The van der Waals surface area contributed by atoms with Gasteiger partial charge in [0, 0.05) is 31.3 Å². The molecule has 0 bridgehead atoms. The van der Waals surface area contributed by atoms with Gasteiger partial charge in [0.1, 0.15) is 11.0 Å². The summed E-state index contributed by atoms with van der Waals surface area (Å²) in [6.07, 6.45) is -0.331. The van der Waals surface area contributed by atoms with Gasteiger partial charge in [-0.15, -0.1) is 11.3 Å². The molecule has 1 aliphatic rings. The van der Waals surface area contributed by atoms with Crippen LogP contribution >= 0.6 is 11.3 Å². The van der Waals surface area contributed by atoms with Gasteiger partial charge in [0.25, 0.3) is 0 Å². The van der Waals surface area contributed by atoms with Crippen LogP contribution in [0.25, 0.3) is 0 Å². The van der Waals surface area contributed by atoms with Crippen molar-refractivity contribution in [3.63, 3.8) is 0 Å². The number of esters is 1. The van der Waals surface area contributed by atoms with Gasteiger partial charge in [0.15, 0.2) is 5.78 Å². The summed E-state index contributed by atoms with van der Waals surface area (Å²) in [6, 6.07) is 0. The van der Waals surface area contributed by atoms with Crippen molar-refractivity contribution in [2.24, 2.45) is 5.41 Å². The van der Waals surface area contributed by atoms with Crippen molar-refractivity contribution in [3.8, 4) is 0 Å². The molecule has 0 saturated carbocycles. The first-order valence-electron chi connectivity index (χ1n) is 8.23. The van der Waals surface area contributed by atoms with Gasteiger partial charge in [-0.05, 0) is 27.7 Å². The molecule has 1 aliphatic heterocycles. The topological polar surface area (TPSA) is 85.8 Å². The smallest absolute Gasteiger partial charge is 0.410 e. The summed E-state index contributed by atoms with van der Waals surface area (Å²) in [5.74, 6) is -0.833. The Balaban J connectivity index is 2.29. The minimum atomic E-state index is -1.43. The number of piperidine rings is 1. The highest BCUT2D eigenvalue weighted by Crippen LogP contribution is 2.33. The van der Waals surface area contributed by atoms with Crippen molar-refractivity contribution in [2.45, 2.75) is 46.1 Å². The first-order valence-corrected chi connectivity index (χ1v) is 9.18. The molecule has 1 saturated heterocycles.